The summed E-state index contributed by atoms with van der Waals surface area (Å²) in [6, 6.07) is 7.73. The van der Waals surface area contributed by atoms with Crippen LogP contribution in [0.2, 0.25) is 0 Å². The summed E-state index contributed by atoms with van der Waals surface area (Å²) in [7, 11) is 0. The molecule has 0 aliphatic heterocycles. The second-order valence-electron chi connectivity index (χ2n) is 3.23. The predicted octanol–water partition coefficient (Wildman–Crippen LogP) is 1.88. The fraction of sp³-hybridized carbons (Fsp3) is 0.0909. The lowest BCUT2D eigenvalue weighted by Gasteiger charge is -2.02. The molecule has 1 aromatic heterocycles. The highest BCUT2D eigenvalue weighted by Gasteiger charge is 2.08. The number of benzene rings is 1. The monoisotopic (exact) mass is 204 g/mol. The molecule has 0 saturated heterocycles. The third-order valence-corrected chi connectivity index (χ3v) is 2.10. The highest BCUT2D eigenvalue weighted by molar-refractivity contribution is 5.62. The van der Waals surface area contributed by atoms with Gasteiger partial charge < -0.3 is 0 Å². The van der Waals surface area contributed by atoms with Gasteiger partial charge in [0.25, 0.3) is 5.56 Å². The summed E-state index contributed by atoms with van der Waals surface area (Å²) in [5.41, 5.74) is 0.864. The summed E-state index contributed by atoms with van der Waals surface area (Å²) in [6.07, 6.45) is 0. The molecule has 2 aromatic rings. The molecule has 0 atom stereocenters. The lowest BCUT2D eigenvalue weighted by Crippen LogP contribution is -2.11. The Balaban J connectivity index is 2.69. The van der Waals surface area contributed by atoms with Gasteiger partial charge in [0.15, 0.2) is 0 Å². The van der Waals surface area contributed by atoms with Crippen LogP contribution in [0.4, 0.5) is 4.39 Å². The maximum atomic E-state index is 13.4. The normalized spacial score (nSPS) is 10.3. The van der Waals surface area contributed by atoms with Crippen LogP contribution >= 0.6 is 0 Å². The van der Waals surface area contributed by atoms with Crippen LogP contribution in [0.5, 0.6) is 0 Å². The van der Waals surface area contributed by atoms with Gasteiger partial charge >= 0.3 is 0 Å². The van der Waals surface area contributed by atoms with E-state index in [9.17, 15) is 9.18 Å². The molecule has 0 saturated carbocycles. The zero-order valence-corrected chi connectivity index (χ0v) is 8.12. The van der Waals surface area contributed by atoms with E-state index >= 15 is 0 Å². The first-order valence-corrected chi connectivity index (χ1v) is 4.50. The van der Waals surface area contributed by atoms with Crippen LogP contribution in [-0.2, 0) is 0 Å². The largest absolute Gasteiger partial charge is 0.272 e. The Kier molecular flexibility index (Phi) is 2.33. The first-order chi connectivity index (χ1) is 7.18. The van der Waals surface area contributed by atoms with Crippen molar-refractivity contribution >= 4 is 0 Å². The van der Waals surface area contributed by atoms with Gasteiger partial charge in [-0.05, 0) is 19.1 Å². The van der Waals surface area contributed by atoms with E-state index in [1.165, 1.54) is 6.07 Å². The Morgan fingerprint density at radius 1 is 1.27 bits per heavy atom. The molecule has 1 N–H and O–H groups in total. The van der Waals surface area contributed by atoms with Gasteiger partial charge in [0, 0.05) is 5.56 Å². The number of aromatic amines is 1. The van der Waals surface area contributed by atoms with Crippen molar-refractivity contribution in [2.45, 2.75) is 6.92 Å². The standard InChI is InChI=1S/C11H9FN2O/c1-7-6-9(11(15)14-13-7)8-4-2-3-5-10(8)12/h2-6H,1H3,(H,14,15). The average molecular weight is 204 g/mol. The quantitative estimate of drug-likeness (QED) is 0.770. The summed E-state index contributed by atoms with van der Waals surface area (Å²) in [5, 5.41) is 6.06. The minimum atomic E-state index is -0.409. The minimum absolute atomic E-state index is 0.296. The number of H-pyrrole nitrogens is 1. The number of aromatic nitrogens is 2. The van der Waals surface area contributed by atoms with Crippen molar-refractivity contribution in [1.82, 2.24) is 10.2 Å². The highest BCUT2D eigenvalue weighted by Crippen LogP contribution is 2.18. The van der Waals surface area contributed by atoms with Crippen molar-refractivity contribution < 1.29 is 4.39 Å². The fourth-order valence-electron chi connectivity index (χ4n) is 1.39. The highest BCUT2D eigenvalue weighted by atomic mass is 19.1. The van der Waals surface area contributed by atoms with Crippen molar-refractivity contribution in [3.8, 4) is 11.1 Å². The molecular weight excluding hydrogens is 195 g/mol. The van der Waals surface area contributed by atoms with E-state index in [1.54, 1.807) is 31.2 Å². The maximum absolute atomic E-state index is 13.4. The Bertz CT molecular complexity index is 548. The molecule has 0 spiro atoms. The lowest BCUT2D eigenvalue weighted by atomic mass is 10.1. The molecule has 3 nitrogen and oxygen atoms in total. The molecule has 1 heterocycles. The first kappa shape index (κ1) is 9.58. The summed E-state index contributed by atoms with van der Waals surface area (Å²) >= 11 is 0. The number of rotatable bonds is 1. The number of nitrogens with one attached hydrogen (secondary N) is 1. The van der Waals surface area contributed by atoms with Crippen LogP contribution in [0.3, 0.4) is 0 Å². The van der Waals surface area contributed by atoms with E-state index in [4.69, 9.17) is 0 Å². The molecule has 15 heavy (non-hydrogen) atoms. The van der Waals surface area contributed by atoms with Gasteiger partial charge in [-0.3, -0.25) is 4.79 Å². The van der Waals surface area contributed by atoms with E-state index in [0.29, 0.717) is 16.8 Å². The van der Waals surface area contributed by atoms with Crippen LogP contribution in [0, 0.1) is 12.7 Å². The predicted molar refractivity (Wildman–Crippen MR) is 55.0 cm³/mol. The number of aryl methyl sites for hydroxylation is 1. The van der Waals surface area contributed by atoms with E-state index in [-0.39, 0.29) is 5.56 Å². The molecular formula is C11H9FN2O. The fourth-order valence-corrected chi connectivity index (χ4v) is 1.39. The topological polar surface area (TPSA) is 45.8 Å². The molecule has 0 bridgehead atoms. The Morgan fingerprint density at radius 3 is 2.73 bits per heavy atom. The molecule has 0 amide bonds. The molecule has 1 aromatic carbocycles. The second kappa shape index (κ2) is 3.65. The number of halogens is 1. The molecule has 0 radical (unpaired) electrons. The molecule has 4 heteroatoms. The second-order valence-corrected chi connectivity index (χ2v) is 3.23. The van der Waals surface area contributed by atoms with Gasteiger partial charge in [-0.1, -0.05) is 18.2 Å². The molecule has 0 aliphatic rings. The zero-order chi connectivity index (χ0) is 10.8. The van der Waals surface area contributed by atoms with E-state index in [1.807, 2.05) is 0 Å². The van der Waals surface area contributed by atoms with E-state index in [0.717, 1.165) is 0 Å². The van der Waals surface area contributed by atoms with E-state index < -0.39 is 5.82 Å². The van der Waals surface area contributed by atoms with Crippen molar-refractivity contribution in [3.63, 3.8) is 0 Å². The van der Waals surface area contributed by atoms with Crippen LogP contribution < -0.4 is 5.56 Å². The van der Waals surface area contributed by atoms with Gasteiger partial charge in [0.05, 0.1) is 11.3 Å². The van der Waals surface area contributed by atoms with Crippen molar-refractivity contribution in [2.24, 2.45) is 0 Å². The van der Waals surface area contributed by atoms with Crippen LogP contribution in [0.15, 0.2) is 35.1 Å². The van der Waals surface area contributed by atoms with Gasteiger partial charge in [0.1, 0.15) is 5.82 Å². The van der Waals surface area contributed by atoms with Gasteiger partial charge in [0.2, 0.25) is 0 Å². The van der Waals surface area contributed by atoms with Gasteiger partial charge in [-0.2, -0.15) is 5.10 Å². The number of nitrogens with zero attached hydrogens (tertiary/aromatic N) is 1. The van der Waals surface area contributed by atoms with Crippen LogP contribution in [0.25, 0.3) is 11.1 Å². The van der Waals surface area contributed by atoms with E-state index in [2.05, 4.69) is 10.2 Å². The lowest BCUT2D eigenvalue weighted by molar-refractivity contribution is 0.631. The Morgan fingerprint density at radius 2 is 2.00 bits per heavy atom. The average Bonchev–Trinajstić information content (AvgIpc) is 2.23. The summed E-state index contributed by atoms with van der Waals surface area (Å²) in [4.78, 5) is 11.4. The first-order valence-electron chi connectivity index (χ1n) is 4.50. The Hall–Kier alpha value is -1.97. The third-order valence-electron chi connectivity index (χ3n) is 2.10. The molecule has 76 valence electrons. The molecule has 0 aliphatic carbocycles. The minimum Gasteiger partial charge on any atom is -0.267 e. The van der Waals surface area contributed by atoms with Crippen molar-refractivity contribution in [2.75, 3.05) is 0 Å². The zero-order valence-electron chi connectivity index (χ0n) is 8.12. The van der Waals surface area contributed by atoms with Crippen LogP contribution in [0.1, 0.15) is 5.69 Å². The van der Waals surface area contributed by atoms with Crippen molar-refractivity contribution in [3.05, 3.63) is 52.2 Å². The summed E-state index contributed by atoms with van der Waals surface area (Å²) in [5.74, 6) is -0.409. The maximum Gasteiger partial charge on any atom is 0.272 e. The number of hydrogen-bond acceptors (Lipinski definition) is 2. The smallest absolute Gasteiger partial charge is 0.267 e. The number of hydrogen-bond donors (Lipinski definition) is 1. The third kappa shape index (κ3) is 1.79. The SMILES string of the molecule is Cc1cc(-c2ccccc2F)c(=O)[nH]n1. The van der Waals surface area contributed by atoms with Gasteiger partial charge in [-0.25, -0.2) is 9.49 Å². The van der Waals surface area contributed by atoms with Crippen LogP contribution in [-0.4, -0.2) is 10.2 Å². The molecule has 0 fully saturated rings. The summed E-state index contributed by atoms with van der Waals surface area (Å²) < 4.78 is 13.4. The molecule has 0 unspecified atom stereocenters. The Labute approximate surface area is 85.6 Å². The molecule has 2 rings (SSSR count). The summed E-state index contributed by atoms with van der Waals surface area (Å²) in [6.45, 7) is 1.74. The van der Waals surface area contributed by atoms with Crippen molar-refractivity contribution in [1.29, 1.82) is 0 Å². The van der Waals surface area contributed by atoms with Gasteiger partial charge in [-0.15, -0.1) is 0 Å².